The van der Waals surface area contributed by atoms with E-state index in [0.717, 1.165) is 5.56 Å². The first kappa shape index (κ1) is 12.3. The van der Waals surface area contributed by atoms with Crippen molar-refractivity contribution in [2.45, 2.75) is 13.5 Å². The Bertz CT molecular complexity index is 550. The maximum Gasteiger partial charge on any atom is 0.175 e. The first-order valence-electron chi connectivity index (χ1n) is 5.64. The maximum atomic E-state index is 13.9. The Morgan fingerprint density at radius 2 is 1.83 bits per heavy atom. The Hall–Kier alpha value is -2.16. The van der Waals surface area contributed by atoms with Crippen molar-refractivity contribution in [3.8, 4) is 5.75 Å². The molecule has 0 aliphatic carbocycles. The van der Waals surface area contributed by atoms with E-state index in [1.807, 2.05) is 30.3 Å². The van der Waals surface area contributed by atoms with Crippen molar-refractivity contribution >= 4 is 5.78 Å². The number of rotatable bonds is 4. The van der Waals surface area contributed by atoms with Crippen molar-refractivity contribution in [3.05, 3.63) is 65.5 Å². The Morgan fingerprint density at radius 1 is 1.11 bits per heavy atom. The molecule has 0 amide bonds. The van der Waals surface area contributed by atoms with Gasteiger partial charge in [-0.1, -0.05) is 36.4 Å². The monoisotopic (exact) mass is 244 g/mol. The highest BCUT2D eigenvalue weighted by Crippen LogP contribution is 2.21. The number of hydrogen-bond donors (Lipinski definition) is 0. The van der Waals surface area contributed by atoms with Gasteiger partial charge in [-0.2, -0.15) is 0 Å². The van der Waals surface area contributed by atoms with Gasteiger partial charge in [0.25, 0.3) is 0 Å². The molecule has 0 spiro atoms. The molecule has 0 aromatic heterocycles. The van der Waals surface area contributed by atoms with Gasteiger partial charge in [-0.05, 0) is 24.6 Å². The number of carbonyl (C=O) groups is 1. The molecule has 2 nitrogen and oxygen atoms in total. The van der Waals surface area contributed by atoms with Crippen molar-refractivity contribution in [1.82, 2.24) is 0 Å². The third kappa shape index (κ3) is 2.74. The summed E-state index contributed by atoms with van der Waals surface area (Å²) in [7, 11) is 0. The predicted molar refractivity (Wildman–Crippen MR) is 67.2 cm³/mol. The van der Waals surface area contributed by atoms with Crippen molar-refractivity contribution in [2.24, 2.45) is 0 Å². The molecule has 0 heterocycles. The quantitative estimate of drug-likeness (QED) is 0.768. The van der Waals surface area contributed by atoms with Crippen LogP contribution in [-0.4, -0.2) is 5.78 Å². The lowest BCUT2D eigenvalue weighted by Crippen LogP contribution is -2.02. The van der Waals surface area contributed by atoms with Crippen LogP contribution in [0.15, 0.2) is 48.5 Å². The zero-order valence-corrected chi connectivity index (χ0v) is 10.0. The highest BCUT2D eigenvalue weighted by molar-refractivity contribution is 5.94. The van der Waals surface area contributed by atoms with Crippen LogP contribution in [0.4, 0.5) is 4.39 Å². The molecule has 2 aromatic rings. The molecule has 0 saturated carbocycles. The highest BCUT2D eigenvalue weighted by Gasteiger charge is 2.12. The van der Waals surface area contributed by atoms with Crippen LogP contribution in [0.2, 0.25) is 0 Å². The first-order chi connectivity index (χ1) is 8.68. The molecular weight excluding hydrogens is 231 g/mol. The average molecular weight is 244 g/mol. The van der Waals surface area contributed by atoms with Gasteiger partial charge >= 0.3 is 0 Å². The molecule has 3 heteroatoms. The minimum absolute atomic E-state index is 0.0561. The van der Waals surface area contributed by atoms with Gasteiger partial charge in [-0.15, -0.1) is 0 Å². The fourth-order valence-corrected chi connectivity index (χ4v) is 1.63. The lowest BCUT2D eigenvalue weighted by molar-refractivity contribution is 0.101. The Morgan fingerprint density at radius 3 is 2.50 bits per heavy atom. The van der Waals surface area contributed by atoms with Gasteiger partial charge in [-0.25, -0.2) is 4.39 Å². The number of halogens is 1. The molecule has 0 aliphatic heterocycles. The molecule has 0 unspecified atom stereocenters. The summed E-state index contributed by atoms with van der Waals surface area (Å²) in [6.45, 7) is 1.61. The third-order valence-corrected chi connectivity index (χ3v) is 2.58. The number of ether oxygens (including phenoxy) is 1. The second kappa shape index (κ2) is 5.45. The van der Waals surface area contributed by atoms with E-state index in [0.29, 0.717) is 0 Å². The first-order valence-corrected chi connectivity index (χ1v) is 5.64. The molecule has 0 atom stereocenters. The van der Waals surface area contributed by atoms with E-state index in [-0.39, 0.29) is 23.7 Å². The van der Waals surface area contributed by atoms with E-state index in [2.05, 4.69) is 0 Å². The Balaban J connectivity index is 2.15. The van der Waals surface area contributed by atoms with Crippen LogP contribution in [0, 0.1) is 5.82 Å². The zero-order chi connectivity index (χ0) is 13.0. The lowest BCUT2D eigenvalue weighted by atomic mass is 10.1. The number of Topliss-reactive ketones (excluding diaryl/α,β-unsaturated/α-hetero) is 1. The van der Waals surface area contributed by atoms with E-state index in [1.54, 1.807) is 6.07 Å². The highest BCUT2D eigenvalue weighted by atomic mass is 19.1. The second-order valence-corrected chi connectivity index (χ2v) is 3.95. The van der Waals surface area contributed by atoms with Crippen LogP contribution in [-0.2, 0) is 6.61 Å². The van der Waals surface area contributed by atoms with Gasteiger partial charge in [0, 0.05) is 0 Å². The second-order valence-electron chi connectivity index (χ2n) is 3.95. The van der Waals surface area contributed by atoms with Crippen LogP contribution in [0.3, 0.4) is 0 Å². The normalized spacial score (nSPS) is 10.1. The topological polar surface area (TPSA) is 26.3 Å². The fraction of sp³-hybridized carbons (Fsp3) is 0.133. The molecule has 0 aliphatic rings. The van der Waals surface area contributed by atoms with Crippen LogP contribution in [0.1, 0.15) is 22.8 Å². The molecule has 2 rings (SSSR count). The van der Waals surface area contributed by atoms with Gasteiger partial charge in [-0.3, -0.25) is 4.79 Å². The summed E-state index contributed by atoms with van der Waals surface area (Å²) in [4.78, 5) is 11.2. The zero-order valence-electron chi connectivity index (χ0n) is 10.0. The summed E-state index contributed by atoms with van der Waals surface area (Å²) in [5, 5.41) is 0. The van der Waals surface area contributed by atoms with Crippen LogP contribution >= 0.6 is 0 Å². The van der Waals surface area contributed by atoms with Crippen molar-refractivity contribution in [2.75, 3.05) is 0 Å². The Labute approximate surface area is 105 Å². The number of hydrogen-bond acceptors (Lipinski definition) is 2. The summed E-state index contributed by atoms with van der Waals surface area (Å²) in [5.74, 6) is -0.801. The molecule has 92 valence electrons. The van der Waals surface area contributed by atoms with Gasteiger partial charge in [0.1, 0.15) is 6.61 Å². The minimum Gasteiger partial charge on any atom is -0.486 e. The van der Waals surface area contributed by atoms with Gasteiger partial charge in [0.2, 0.25) is 0 Å². The SMILES string of the molecule is CC(=O)c1cccc(OCc2ccccc2)c1F. The summed E-state index contributed by atoms with van der Waals surface area (Å²) in [6.07, 6.45) is 0. The predicted octanol–water partition coefficient (Wildman–Crippen LogP) is 3.61. The Kier molecular flexibility index (Phi) is 3.72. The van der Waals surface area contributed by atoms with Crippen LogP contribution in [0.25, 0.3) is 0 Å². The molecule has 0 fully saturated rings. The molecule has 18 heavy (non-hydrogen) atoms. The standard InChI is InChI=1S/C15H13FO2/c1-11(17)13-8-5-9-14(15(13)16)18-10-12-6-3-2-4-7-12/h2-9H,10H2,1H3. The van der Waals surface area contributed by atoms with Gasteiger partial charge < -0.3 is 4.74 Å². The number of carbonyl (C=O) groups excluding carboxylic acids is 1. The van der Waals surface area contributed by atoms with E-state index < -0.39 is 5.82 Å². The average Bonchev–Trinajstić information content (AvgIpc) is 2.38. The summed E-state index contributed by atoms with van der Waals surface area (Å²) < 4.78 is 19.3. The lowest BCUT2D eigenvalue weighted by Gasteiger charge is -2.08. The summed E-state index contributed by atoms with van der Waals surface area (Å²) in [5.41, 5.74) is 1.01. The molecule has 0 N–H and O–H groups in total. The van der Waals surface area contributed by atoms with E-state index in [9.17, 15) is 9.18 Å². The summed E-state index contributed by atoms with van der Waals surface area (Å²) in [6, 6.07) is 14.1. The van der Waals surface area contributed by atoms with E-state index >= 15 is 0 Å². The van der Waals surface area contributed by atoms with Crippen molar-refractivity contribution < 1.29 is 13.9 Å². The summed E-state index contributed by atoms with van der Waals surface area (Å²) >= 11 is 0. The molecule has 0 saturated heterocycles. The minimum atomic E-state index is -0.596. The van der Waals surface area contributed by atoms with Crippen LogP contribution < -0.4 is 4.74 Å². The number of benzene rings is 2. The molecular formula is C15H13FO2. The fourth-order valence-electron chi connectivity index (χ4n) is 1.63. The molecule has 0 bridgehead atoms. The number of ketones is 1. The van der Waals surface area contributed by atoms with Crippen LogP contribution in [0.5, 0.6) is 5.75 Å². The molecule has 2 aromatic carbocycles. The molecule has 0 radical (unpaired) electrons. The third-order valence-electron chi connectivity index (χ3n) is 2.58. The largest absolute Gasteiger partial charge is 0.486 e. The van der Waals surface area contributed by atoms with E-state index in [1.165, 1.54) is 19.1 Å². The van der Waals surface area contributed by atoms with Crippen molar-refractivity contribution in [3.63, 3.8) is 0 Å². The van der Waals surface area contributed by atoms with Gasteiger partial charge in [0.15, 0.2) is 17.3 Å². The smallest absolute Gasteiger partial charge is 0.175 e. The van der Waals surface area contributed by atoms with Gasteiger partial charge in [0.05, 0.1) is 5.56 Å². The maximum absolute atomic E-state index is 13.9. The van der Waals surface area contributed by atoms with E-state index in [4.69, 9.17) is 4.74 Å². The van der Waals surface area contributed by atoms with Crippen molar-refractivity contribution in [1.29, 1.82) is 0 Å².